The monoisotopic (exact) mass is 358 g/mol. The van der Waals surface area contributed by atoms with Crippen molar-refractivity contribution in [3.05, 3.63) is 63.0 Å². The first-order valence-corrected chi connectivity index (χ1v) is 7.34. The predicted octanol–water partition coefficient (Wildman–Crippen LogP) is 4.03. The Morgan fingerprint density at radius 3 is 2.54 bits per heavy atom. The molecule has 0 aliphatic heterocycles. The fraction of sp³-hybridized carbons (Fsp3) is 0.250. The second-order valence-corrected chi connectivity index (χ2v) is 5.65. The number of halogens is 4. The number of rotatable bonds is 3. The number of hydrogen-bond donors (Lipinski definition) is 1. The molecule has 2 aromatic rings. The van der Waals surface area contributed by atoms with Crippen LogP contribution in [0.25, 0.3) is 0 Å². The summed E-state index contributed by atoms with van der Waals surface area (Å²) in [5.74, 6) is -0.623. The Morgan fingerprint density at radius 1 is 1.25 bits per heavy atom. The third kappa shape index (κ3) is 3.79. The van der Waals surface area contributed by atoms with Crippen LogP contribution >= 0.6 is 11.6 Å². The van der Waals surface area contributed by atoms with Gasteiger partial charge in [0.1, 0.15) is 6.04 Å². The number of anilines is 1. The SMILES string of the molecule is Cc1c(Cl)cccc1NC(=O)C(C)n1cc(C(F)(F)F)ccc1=O. The maximum atomic E-state index is 12.8. The van der Waals surface area contributed by atoms with Gasteiger partial charge in [-0.05, 0) is 37.6 Å². The van der Waals surface area contributed by atoms with Crippen molar-refractivity contribution in [1.29, 1.82) is 0 Å². The number of amides is 1. The normalized spacial score (nSPS) is 12.8. The van der Waals surface area contributed by atoms with E-state index in [2.05, 4.69) is 5.32 Å². The molecule has 0 radical (unpaired) electrons. The van der Waals surface area contributed by atoms with Gasteiger partial charge < -0.3 is 9.88 Å². The van der Waals surface area contributed by atoms with Gasteiger partial charge in [-0.1, -0.05) is 17.7 Å². The summed E-state index contributed by atoms with van der Waals surface area (Å²) in [4.78, 5) is 24.1. The van der Waals surface area contributed by atoms with Crippen LogP contribution in [-0.2, 0) is 11.0 Å². The molecule has 1 aromatic heterocycles. The standard InChI is InChI=1S/C16H14ClF3N2O2/c1-9-12(17)4-3-5-13(9)21-15(24)10(2)22-8-11(16(18,19)20)6-7-14(22)23/h3-8,10H,1-2H3,(H,21,24). The second kappa shape index (κ2) is 6.68. The zero-order valence-corrected chi connectivity index (χ0v) is 13.6. The maximum Gasteiger partial charge on any atom is 0.417 e. The molecular weight excluding hydrogens is 345 g/mol. The highest BCUT2D eigenvalue weighted by Gasteiger charge is 2.32. The average molecular weight is 359 g/mol. The fourth-order valence-corrected chi connectivity index (χ4v) is 2.25. The molecule has 128 valence electrons. The van der Waals surface area contributed by atoms with Crippen LogP contribution in [0.5, 0.6) is 0 Å². The van der Waals surface area contributed by atoms with Crippen molar-refractivity contribution in [2.75, 3.05) is 5.32 Å². The van der Waals surface area contributed by atoms with Crippen molar-refractivity contribution in [2.24, 2.45) is 0 Å². The Bertz CT molecular complexity index is 831. The van der Waals surface area contributed by atoms with E-state index in [9.17, 15) is 22.8 Å². The summed E-state index contributed by atoms with van der Waals surface area (Å²) in [5.41, 5.74) is -0.648. The highest BCUT2D eigenvalue weighted by molar-refractivity contribution is 6.31. The molecule has 4 nitrogen and oxygen atoms in total. The van der Waals surface area contributed by atoms with Crippen LogP contribution in [0.4, 0.5) is 18.9 Å². The summed E-state index contributed by atoms with van der Waals surface area (Å²) in [5, 5.41) is 3.01. The molecule has 0 aliphatic carbocycles. The van der Waals surface area contributed by atoms with Crippen LogP contribution in [0.3, 0.4) is 0 Å². The van der Waals surface area contributed by atoms with Crippen LogP contribution in [0, 0.1) is 6.92 Å². The minimum atomic E-state index is -4.60. The van der Waals surface area contributed by atoms with Crippen molar-refractivity contribution in [3.63, 3.8) is 0 Å². The van der Waals surface area contributed by atoms with Gasteiger partial charge in [0, 0.05) is 23.0 Å². The smallest absolute Gasteiger partial charge is 0.324 e. The minimum absolute atomic E-state index is 0.430. The van der Waals surface area contributed by atoms with E-state index in [1.807, 2.05) is 0 Å². The Labute approximate surface area is 140 Å². The molecule has 0 saturated heterocycles. The number of alkyl halides is 3. The number of carbonyl (C=O) groups is 1. The third-order valence-electron chi connectivity index (χ3n) is 3.59. The van der Waals surface area contributed by atoms with Crippen LogP contribution in [0.15, 0.2) is 41.3 Å². The van der Waals surface area contributed by atoms with Gasteiger partial charge in [0.05, 0.1) is 5.56 Å². The molecule has 1 amide bonds. The summed E-state index contributed by atoms with van der Waals surface area (Å²) in [6.45, 7) is 3.04. The molecule has 0 spiro atoms. The van der Waals surface area contributed by atoms with Crippen LogP contribution in [-0.4, -0.2) is 10.5 Å². The molecule has 1 atom stereocenters. The number of pyridine rings is 1. The van der Waals surface area contributed by atoms with Crippen molar-refractivity contribution in [1.82, 2.24) is 4.57 Å². The molecule has 1 heterocycles. The average Bonchev–Trinajstić information content (AvgIpc) is 2.50. The number of nitrogens with zero attached hydrogens (tertiary/aromatic N) is 1. The van der Waals surface area contributed by atoms with E-state index in [-0.39, 0.29) is 0 Å². The molecule has 24 heavy (non-hydrogen) atoms. The van der Waals surface area contributed by atoms with Gasteiger partial charge in [0.25, 0.3) is 5.56 Å². The van der Waals surface area contributed by atoms with E-state index in [4.69, 9.17) is 11.6 Å². The Kier molecular flexibility index (Phi) is 5.03. The van der Waals surface area contributed by atoms with Gasteiger partial charge in [-0.15, -0.1) is 0 Å². The first-order valence-electron chi connectivity index (χ1n) is 6.96. The fourth-order valence-electron chi connectivity index (χ4n) is 2.08. The van der Waals surface area contributed by atoms with Gasteiger partial charge in [-0.3, -0.25) is 9.59 Å². The van der Waals surface area contributed by atoms with E-state index in [0.717, 1.165) is 10.6 Å². The number of aromatic nitrogens is 1. The number of hydrogen-bond acceptors (Lipinski definition) is 2. The van der Waals surface area contributed by atoms with Crippen molar-refractivity contribution >= 4 is 23.2 Å². The summed E-state index contributed by atoms with van der Waals surface area (Å²) in [6.07, 6.45) is -3.97. The lowest BCUT2D eigenvalue weighted by Gasteiger charge is -2.18. The summed E-state index contributed by atoms with van der Waals surface area (Å²) < 4.78 is 39.1. The third-order valence-corrected chi connectivity index (χ3v) is 4.00. The Balaban J connectivity index is 2.31. The minimum Gasteiger partial charge on any atom is -0.324 e. The summed E-state index contributed by atoms with van der Waals surface area (Å²) in [6, 6.07) is 5.24. The Morgan fingerprint density at radius 2 is 1.92 bits per heavy atom. The molecule has 8 heteroatoms. The lowest BCUT2D eigenvalue weighted by Crippen LogP contribution is -2.32. The highest BCUT2D eigenvalue weighted by Crippen LogP contribution is 2.29. The predicted molar refractivity (Wildman–Crippen MR) is 85.2 cm³/mol. The van der Waals surface area contributed by atoms with E-state index in [1.54, 1.807) is 25.1 Å². The topological polar surface area (TPSA) is 51.1 Å². The van der Waals surface area contributed by atoms with E-state index in [1.165, 1.54) is 6.92 Å². The number of benzene rings is 1. The molecule has 0 saturated carbocycles. The number of carbonyl (C=O) groups excluding carboxylic acids is 1. The zero-order chi connectivity index (χ0) is 18.1. The molecule has 1 N–H and O–H groups in total. The summed E-state index contributed by atoms with van der Waals surface area (Å²) >= 11 is 5.96. The number of nitrogens with one attached hydrogen (secondary N) is 1. The van der Waals surface area contributed by atoms with Crippen LogP contribution < -0.4 is 10.9 Å². The molecular formula is C16H14ClF3N2O2. The highest BCUT2D eigenvalue weighted by atomic mass is 35.5. The molecule has 0 aliphatic rings. The van der Waals surface area contributed by atoms with E-state index >= 15 is 0 Å². The molecule has 1 aromatic carbocycles. The second-order valence-electron chi connectivity index (χ2n) is 5.24. The molecule has 2 rings (SSSR count). The van der Waals surface area contributed by atoms with Gasteiger partial charge >= 0.3 is 6.18 Å². The zero-order valence-electron chi connectivity index (χ0n) is 12.8. The van der Waals surface area contributed by atoms with E-state index < -0.39 is 29.2 Å². The lowest BCUT2D eigenvalue weighted by molar-refractivity contribution is -0.138. The summed E-state index contributed by atoms with van der Waals surface area (Å²) in [7, 11) is 0. The van der Waals surface area contributed by atoms with E-state index in [0.29, 0.717) is 28.5 Å². The molecule has 0 fully saturated rings. The van der Waals surface area contributed by atoms with Gasteiger partial charge in [0.2, 0.25) is 5.91 Å². The Hall–Kier alpha value is -2.28. The van der Waals surface area contributed by atoms with Crippen molar-refractivity contribution in [3.8, 4) is 0 Å². The quantitative estimate of drug-likeness (QED) is 0.900. The first kappa shape index (κ1) is 18.1. The molecule has 0 bridgehead atoms. The van der Waals surface area contributed by atoms with Crippen molar-refractivity contribution in [2.45, 2.75) is 26.1 Å². The van der Waals surface area contributed by atoms with Crippen molar-refractivity contribution < 1.29 is 18.0 Å². The van der Waals surface area contributed by atoms with Crippen LogP contribution in [0.2, 0.25) is 5.02 Å². The largest absolute Gasteiger partial charge is 0.417 e. The van der Waals surface area contributed by atoms with Gasteiger partial charge in [-0.2, -0.15) is 13.2 Å². The maximum absolute atomic E-state index is 12.8. The van der Waals surface area contributed by atoms with Gasteiger partial charge in [-0.25, -0.2) is 0 Å². The first-order chi connectivity index (χ1) is 11.1. The lowest BCUT2D eigenvalue weighted by atomic mass is 10.2. The molecule has 1 unspecified atom stereocenters. The van der Waals surface area contributed by atoms with Gasteiger partial charge in [0.15, 0.2) is 0 Å². The van der Waals surface area contributed by atoms with Crippen LogP contribution in [0.1, 0.15) is 24.1 Å².